The van der Waals surface area contributed by atoms with Gasteiger partial charge in [-0.15, -0.1) is 0 Å². The molecule has 0 saturated carbocycles. The van der Waals surface area contributed by atoms with Crippen LogP contribution in [0.5, 0.6) is 0 Å². The molecule has 0 aromatic carbocycles. The highest BCUT2D eigenvalue weighted by Crippen LogP contribution is 2.19. The lowest BCUT2D eigenvalue weighted by Crippen LogP contribution is -2.39. The van der Waals surface area contributed by atoms with Crippen molar-refractivity contribution in [1.82, 2.24) is 9.97 Å². The molecule has 0 spiro atoms. The number of hydrogen-bond acceptors (Lipinski definition) is 4. The van der Waals surface area contributed by atoms with Crippen LogP contribution in [-0.4, -0.2) is 21.9 Å². The predicted octanol–water partition coefficient (Wildman–Crippen LogP) is 1.70. The standard InChI is InChI=1S/C13H22N4O/c1-8(2)10(11(14)18)16-9-6-7-15-12(17-9)13(3,4)5/h6-8,10H,1-5H3,(H2,14,18)(H,15,16,17). The normalized spacial score (nSPS) is 13.4. The fraction of sp³-hybridized carbons (Fsp3) is 0.615. The number of aromatic nitrogens is 2. The van der Waals surface area contributed by atoms with E-state index in [4.69, 9.17) is 5.73 Å². The zero-order chi connectivity index (χ0) is 13.9. The van der Waals surface area contributed by atoms with Gasteiger partial charge in [0.05, 0.1) is 0 Å². The van der Waals surface area contributed by atoms with Gasteiger partial charge >= 0.3 is 0 Å². The van der Waals surface area contributed by atoms with Gasteiger partial charge in [-0.2, -0.15) is 0 Å². The zero-order valence-electron chi connectivity index (χ0n) is 11.7. The van der Waals surface area contributed by atoms with Crippen LogP contribution in [0.3, 0.4) is 0 Å². The monoisotopic (exact) mass is 250 g/mol. The average molecular weight is 250 g/mol. The smallest absolute Gasteiger partial charge is 0.240 e. The number of anilines is 1. The Balaban J connectivity index is 2.94. The number of rotatable bonds is 4. The molecule has 1 unspecified atom stereocenters. The maximum atomic E-state index is 11.3. The Morgan fingerprint density at radius 3 is 2.44 bits per heavy atom. The first kappa shape index (κ1) is 14.4. The summed E-state index contributed by atoms with van der Waals surface area (Å²) in [6, 6.07) is 1.32. The molecule has 0 bridgehead atoms. The Morgan fingerprint density at radius 2 is 2.00 bits per heavy atom. The molecule has 3 N–H and O–H groups in total. The van der Waals surface area contributed by atoms with Gasteiger partial charge < -0.3 is 11.1 Å². The van der Waals surface area contributed by atoms with Crippen molar-refractivity contribution in [3.05, 3.63) is 18.1 Å². The van der Waals surface area contributed by atoms with Crippen LogP contribution in [0.4, 0.5) is 5.82 Å². The molecule has 0 aliphatic heterocycles. The molecule has 0 aliphatic carbocycles. The summed E-state index contributed by atoms with van der Waals surface area (Å²) in [5.74, 6) is 1.10. The third kappa shape index (κ3) is 3.68. The second-order valence-electron chi connectivity index (χ2n) is 5.78. The van der Waals surface area contributed by atoms with Gasteiger partial charge in [-0.1, -0.05) is 34.6 Å². The van der Waals surface area contributed by atoms with Crippen LogP contribution in [0.2, 0.25) is 0 Å². The number of hydrogen-bond donors (Lipinski definition) is 2. The molecule has 0 aliphatic rings. The van der Waals surface area contributed by atoms with Crippen molar-refractivity contribution in [3.63, 3.8) is 0 Å². The van der Waals surface area contributed by atoms with E-state index in [1.165, 1.54) is 0 Å². The van der Waals surface area contributed by atoms with Gasteiger partial charge in [0.2, 0.25) is 5.91 Å². The van der Waals surface area contributed by atoms with E-state index in [2.05, 4.69) is 15.3 Å². The molecule has 1 rings (SSSR count). The molecule has 100 valence electrons. The Hall–Kier alpha value is -1.65. The highest BCUT2D eigenvalue weighted by molar-refractivity contribution is 5.82. The van der Waals surface area contributed by atoms with Crippen molar-refractivity contribution < 1.29 is 4.79 Å². The number of primary amides is 1. The highest BCUT2D eigenvalue weighted by atomic mass is 16.1. The van der Waals surface area contributed by atoms with Gasteiger partial charge in [-0.25, -0.2) is 9.97 Å². The molecule has 5 heteroatoms. The molecule has 1 aromatic heterocycles. The maximum Gasteiger partial charge on any atom is 0.240 e. The summed E-state index contributed by atoms with van der Waals surface area (Å²) in [4.78, 5) is 20.0. The molecule has 1 aromatic rings. The van der Waals surface area contributed by atoms with Gasteiger partial charge in [-0.3, -0.25) is 4.79 Å². The topological polar surface area (TPSA) is 80.9 Å². The molecule has 0 saturated heterocycles. The Kier molecular flexibility index (Phi) is 4.27. The molecule has 5 nitrogen and oxygen atoms in total. The summed E-state index contributed by atoms with van der Waals surface area (Å²) in [5.41, 5.74) is 5.24. The van der Waals surface area contributed by atoms with Crippen LogP contribution in [0.15, 0.2) is 12.3 Å². The lowest BCUT2D eigenvalue weighted by atomic mass is 9.96. The first-order valence-corrected chi connectivity index (χ1v) is 6.11. The number of nitrogens with zero attached hydrogens (tertiary/aromatic N) is 2. The maximum absolute atomic E-state index is 11.3. The zero-order valence-corrected chi connectivity index (χ0v) is 11.7. The van der Waals surface area contributed by atoms with Crippen LogP contribution in [0.1, 0.15) is 40.4 Å². The summed E-state index contributed by atoms with van der Waals surface area (Å²) in [5, 5.41) is 3.06. The van der Waals surface area contributed by atoms with E-state index in [-0.39, 0.29) is 17.2 Å². The Morgan fingerprint density at radius 1 is 1.39 bits per heavy atom. The van der Waals surface area contributed by atoms with E-state index >= 15 is 0 Å². The quantitative estimate of drug-likeness (QED) is 0.852. The fourth-order valence-electron chi connectivity index (χ4n) is 1.53. The van der Waals surface area contributed by atoms with Gasteiger partial charge in [-0.05, 0) is 12.0 Å². The van der Waals surface area contributed by atoms with Gasteiger partial charge in [0.1, 0.15) is 17.7 Å². The van der Waals surface area contributed by atoms with Crippen LogP contribution in [0.25, 0.3) is 0 Å². The largest absolute Gasteiger partial charge is 0.368 e. The van der Waals surface area contributed by atoms with Crippen molar-refractivity contribution >= 4 is 11.7 Å². The molecule has 0 radical (unpaired) electrons. The van der Waals surface area contributed by atoms with E-state index in [0.717, 1.165) is 5.82 Å². The first-order chi connectivity index (χ1) is 8.21. The van der Waals surface area contributed by atoms with Gasteiger partial charge in [0.25, 0.3) is 0 Å². The predicted molar refractivity (Wildman–Crippen MR) is 72.2 cm³/mol. The number of amides is 1. The molecular weight excluding hydrogens is 228 g/mol. The molecule has 1 heterocycles. The first-order valence-electron chi connectivity index (χ1n) is 6.11. The van der Waals surface area contributed by atoms with Crippen molar-refractivity contribution in [2.75, 3.05) is 5.32 Å². The van der Waals surface area contributed by atoms with Crippen LogP contribution >= 0.6 is 0 Å². The summed E-state index contributed by atoms with van der Waals surface area (Å²) >= 11 is 0. The second kappa shape index (κ2) is 5.33. The van der Waals surface area contributed by atoms with E-state index in [0.29, 0.717) is 5.82 Å². The molecule has 1 atom stereocenters. The third-order valence-electron chi connectivity index (χ3n) is 2.60. The van der Waals surface area contributed by atoms with Crippen LogP contribution in [0, 0.1) is 5.92 Å². The van der Waals surface area contributed by atoms with Gasteiger partial charge in [0.15, 0.2) is 0 Å². The van der Waals surface area contributed by atoms with E-state index in [1.54, 1.807) is 12.3 Å². The molecular formula is C13H22N4O. The lowest BCUT2D eigenvalue weighted by molar-refractivity contribution is -0.119. The highest BCUT2D eigenvalue weighted by Gasteiger charge is 2.21. The summed E-state index contributed by atoms with van der Waals surface area (Å²) in [6.07, 6.45) is 1.69. The van der Waals surface area contributed by atoms with Crippen molar-refractivity contribution in [1.29, 1.82) is 0 Å². The number of nitrogens with one attached hydrogen (secondary N) is 1. The minimum Gasteiger partial charge on any atom is -0.368 e. The van der Waals surface area contributed by atoms with Crippen LogP contribution in [-0.2, 0) is 10.2 Å². The number of carbonyl (C=O) groups excluding carboxylic acids is 1. The van der Waals surface area contributed by atoms with Crippen LogP contribution < -0.4 is 11.1 Å². The molecule has 18 heavy (non-hydrogen) atoms. The van der Waals surface area contributed by atoms with Crippen molar-refractivity contribution in [3.8, 4) is 0 Å². The lowest BCUT2D eigenvalue weighted by Gasteiger charge is -2.21. The minimum atomic E-state index is -0.423. The SMILES string of the molecule is CC(C)C(Nc1ccnc(C(C)(C)C)n1)C(N)=O. The fourth-order valence-corrected chi connectivity index (χ4v) is 1.53. The summed E-state index contributed by atoms with van der Waals surface area (Å²) in [7, 11) is 0. The van der Waals surface area contributed by atoms with Crippen molar-refractivity contribution in [2.45, 2.75) is 46.1 Å². The van der Waals surface area contributed by atoms with Crippen molar-refractivity contribution in [2.24, 2.45) is 11.7 Å². The van der Waals surface area contributed by atoms with E-state index in [1.807, 2.05) is 34.6 Å². The number of carbonyl (C=O) groups is 1. The Labute approximate surface area is 108 Å². The van der Waals surface area contributed by atoms with E-state index in [9.17, 15) is 4.79 Å². The summed E-state index contributed by atoms with van der Waals surface area (Å²) in [6.45, 7) is 10.0. The minimum absolute atomic E-state index is 0.107. The van der Waals surface area contributed by atoms with E-state index < -0.39 is 6.04 Å². The average Bonchev–Trinajstić information content (AvgIpc) is 2.24. The Bertz CT molecular complexity index is 423. The molecule has 0 fully saturated rings. The van der Waals surface area contributed by atoms with Gasteiger partial charge in [0, 0.05) is 11.6 Å². The molecule has 1 amide bonds. The summed E-state index contributed by atoms with van der Waals surface area (Å²) < 4.78 is 0. The second-order valence-corrected chi connectivity index (χ2v) is 5.78. The number of nitrogens with two attached hydrogens (primary N) is 1. The third-order valence-corrected chi connectivity index (χ3v) is 2.60.